The Morgan fingerprint density at radius 3 is 2.85 bits per heavy atom. The second-order valence-corrected chi connectivity index (χ2v) is 5.74. The summed E-state index contributed by atoms with van der Waals surface area (Å²) < 4.78 is 5.64. The second-order valence-electron chi connectivity index (χ2n) is 5.74. The molecule has 2 aliphatic rings. The molecular formula is C16H22N2O2. The number of benzene rings is 1. The number of carbonyl (C=O) groups excluding carboxylic acids is 1. The fraction of sp³-hybridized carbons (Fsp3) is 0.562. The van der Waals surface area contributed by atoms with Crippen LogP contribution in [0.5, 0.6) is 0 Å². The smallest absolute Gasteiger partial charge is 0.256 e. The van der Waals surface area contributed by atoms with E-state index < -0.39 is 0 Å². The lowest BCUT2D eigenvalue weighted by atomic mass is 9.95. The Balaban J connectivity index is 1.89. The van der Waals surface area contributed by atoms with Gasteiger partial charge in [0.2, 0.25) is 0 Å². The quantitative estimate of drug-likeness (QED) is 0.898. The predicted octanol–water partition coefficient (Wildman–Crippen LogP) is 2.11. The number of amides is 1. The molecule has 108 valence electrons. The fourth-order valence-corrected chi connectivity index (χ4v) is 3.26. The monoisotopic (exact) mass is 274 g/mol. The summed E-state index contributed by atoms with van der Waals surface area (Å²) in [7, 11) is 1.97. The summed E-state index contributed by atoms with van der Waals surface area (Å²) in [4.78, 5) is 14.7. The standard InChI is InChI=1S/C16H22N2O2/c1-11-8-10-20-15(11)16(19)18-9-7-13(17-2)12-5-3-4-6-14(12)18/h3-6,11,13,15,17H,7-10H2,1-2H3. The molecule has 0 saturated carbocycles. The molecule has 0 radical (unpaired) electrons. The Kier molecular flexibility index (Phi) is 3.76. The van der Waals surface area contributed by atoms with Crippen molar-refractivity contribution in [3.05, 3.63) is 29.8 Å². The lowest BCUT2D eigenvalue weighted by Crippen LogP contribution is -2.45. The molecule has 3 unspecified atom stereocenters. The van der Waals surface area contributed by atoms with E-state index in [-0.39, 0.29) is 12.0 Å². The van der Waals surface area contributed by atoms with Crippen molar-refractivity contribution >= 4 is 11.6 Å². The van der Waals surface area contributed by atoms with Crippen LogP contribution in [0.4, 0.5) is 5.69 Å². The third kappa shape index (κ3) is 2.23. The van der Waals surface area contributed by atoms with Gasteiger partial charge in [-0.25, -0.2) is 0 Å². The number of ether oxygens (including phenoxy) is 1. The fourth-order valence-electron chi connectivity index (χ4n) is 3.26. The number of carbonyl (C=O) groups is 1. The molecule has 20 heavy (non-hydrogen) atoms. The molecule has 2 aliphatic heterocycles. The second kappa shape index (κ2) is 5.54. The molecular weight excluding hydrogens is 252 g/mol. The van der Waals surface area contributed by atoms with Crippen LogP contribution in [0.2, 0.25) is 0 Å². The highest BCUT2D eigenvalue weighted by Crippen LogP contribution is 2.35. The summed E-state index contributed by atoms with van der Waals surface area (Å²) in [6.45, 7) is 3.56. The van der Waals surface area contributed by atoms with Gasteiger partial charge in [0.1, 0.15) is 6.10 Å². The molecule has 1 aromatic rings. The van der Waals surface area contributed by atoms with Gasteiger partial charge in [0.15, 0.2) is 0 Å². The van der Waals surface area contributed by atoms with E-state index in [1.165, 1.54) is 5.56 Å². The van der Waals surface area contributed by atoms with E-state index in [9.17, 15) is 4.79 Å². The molecule has 0 aromatic heterocycles. The van der Waals surface area contributed by atoms with Crippen LogP contribution >= 0.6 is 0 Å². The molecule has 0 bridgehead atoms. The number of hydrogen-bond acceptors (Lipinski definition) is 3. The van der Waals surface area contributed by atoms with Gasteiger partial charge in [-0.2, -0.15) is 0 Å². The third-order valence-corrected chi connectivity index (χ3v) is 4.49. The topological polar surface area (TPSA) is 41.6 Å². The molecule has 1 aromatic carbocycles. The zero-order valence-electron chi connectivity index (χ0n) is 12.1. The van der Waals surface area contributed by atoms with Gasteiger partial charge in [-0.1, -0.05) is 25.1 Å². The van der Waals surface area contributed by atoms with Gasteiger partial charge in [0.25, 0.3) is 5.91 Å². The van der Waals surface area contributed by atoms with Gasteiger partial charge in [-0.05, 0) is 37.4 Å². The van der Waals surface area contributed by atoms with Crippen molar-refractivity contribution < 1.29 is 9.53 Å². The van der Waals surface area contributed by atoms with E-state index in [0.29, 0.717) is 18.6 Å². The molecule has 1 saturated heterocycles. The first-order chi connectivity index (χ1) is 9.72. The Morgan fingerprint density at radius 1 is 1.35 bits per heavy atom. The van der Waals surface area contributed by atoms with Crippen molar-refractivity contribution in [3.8, 4) is 0 Å². The highest BCUT2D eigenvalue weighted by molar-refractivity contribution is 5.98. The molecule has 0 aliphatic carbocycles. The van der Waals surface area contributed by atoms with Crippen LogP contribution < -0.4 is 10.2 Å². The summed E-state index contributed by atoms with van der Waals surface area (Å²) in [6, 6.07) is 8.50. The van der Waals surface area contributed by atoms with Crippen molar-refractivity contribution in [1.29, 1.82) is 0 Å². The van der Waals surface area contributed by atoms with Crippen molar-refractivity contribution in [1.82, 2.24) is 5.32 Å². The van der Waals surface area contributed by atoms with Crippen LogP contribution in [0.15, 0.2) is 24.3 Å². The van der Waals surface area contributed by atoms with Crippen molar-refractivity contribution in [2.45, 2.75) is 31.9 Å². The maximum atomic E-state index is 12.7. The molecule has 3 atom stereocenters. The average Bonchev–Trinajstić information content (AvgIpc) is 2.91. The number of hydrogen-bond donors (Lipinski definition) is 1. The van der Waals surface area contributed by atoms with Crippen LogP contribution in [0.1, 0.15) is 31.4 Å². The Bertz CT molecular complexity index is 503. The lowest BCUT2D eigenvalue weighted by Gasteiger charge is -2.35. The first-order valence-electron chi connectivity index (χ1n) is 7.41. The van der Waals surface area contributed by atoms with Gasteiger partial charge in [-0.3, -0.25) is 4.79 Å². The molecule has 1 N–H and O–H groups in total. The average molecular weight is 274 g/mol. The number of nitrogens with one attached hydrogen (secondary N) is 1. The van der Waals surface area contributed by atoms with E-state index in [1.54, 1.807) is 0 Å². The number of nitrogens with zero attached hydrogens (tertiary/aromatic N) is 1. The Labute approximate surface area is 120 Å². The number of rotatable bonds is 2. The molecule has 4 heteroatoms. The molecule has 0 spiro atoms. The zero-order chi connectivity index (χ0) is 14.1. The third-order valence-electron chi connectivity index (χ3n) is 4.49. The largest absolute Gasteiger partial charge is 0.368 e. The maximum absolute atomic E-state index is 12.7. The zero-order valence-corrected chi connectivity index (χ0v) is 12.1. The molecule has 1 fully saturated rings. The summed E-state index contributed by atoms with van der Waals surface area (Å²) >= 11 is 0. The molecule has 4 nitrogen and oxygen atoms in total. The minimum absolute atomic E-state index is 0.122. The highest BCUT2D eigenvalue weighted by atomic mass is 16.5. The Morgan fingerprint density at radius 2 is 2.15 bits per heavy atom. The van der Waals surface area contributed by atoms with Crippen molar-refractivity contribution in [2.24, 2.45) is 5.92 Å². The summed E-state index contributed by atoms with van der Waals surface area (Å²) in [6.07, 6.45) is 1.65. The maximum Gasteiger partial charge on any atom is 0.256 e. The minimum Gasteiger partial charge on any atom is -0.368 e. The SMILES string of the molecule is CNC1CCN(C(=O)C2OCCC2C)c2ccccc21. The molecule has 2 heterocycles. The summed E-state index contributed by atoms with van der Waals surface area (Å²) in [5.74, 6) is 0.439. The van der Waals surface area contributed by atoms with Gasteiger partial charge in [0, 0.05) is 24.9 Å². The molecule has 1 amide bonds. The number of para-hydroxylation sites is 1. The van der Waals surface area contributed by atoms with Gasteiger partial charge in [0.05, 0.1) is 0 Å². The van der Waals surface area contributed by atoms with E-state index in [0.717, 1.165) is 25.1 Å². The number of anilines is 1. The summed E-state index contributed by atoms with van der Waals surface area (Å²) in [5, 5.41) is 3.33. The van der Waals surface area contributed by atoms with E-state index in [1.807, 2.05) is 30.1 Å². The van der Waals surface area contributed by atoms with Crippen molar-refractivity contribution in [2.75, 3.05) is 25.1 Å². The van der Waals surface area contributed by atoms with Crippen LogP contribution in [-0.4, -0.2) is 32.2 Å². The first kappa shape index (κ1) is 13.6. The van der Waals surface area contributed by atoms with E-state index in [2.05, 4.69) is 18.3 Å². The van der Waals surface area contributed by atoms with Crippen LogP contribution in [0.3, 0.4) is 0 Å². The minimum atomic E-state index is -0.269. The highest BCUT2D eigenvalue weighted by Gasteiger charge is 2.37. The Hall–Kier alpha value is -1.39. The van der Waals surface area contributed by atoms with Gasteiger partial charge in [-0.15, -0.1) is 0 Å². The first-order valence-corrected chi connectivity index (χ1v) is 7.41. The number of fused-ring (bicyclic) bond motifs is 1. The van der Waals surface area contributed by atoms with Crippen LogP contribution in [0, 0.1) is 5.92 Å². The summed E-state index contributed by atoms with van der Waals surface area (Å²) in [5.41, 5.74) is 2.24. The predicted molar refractivity (Wildman–Crippen MR) is 78.7 cm³/mol. The van der Waals surface area contributed by atoms with Crippen LogP contribution in [-0.2, 0) is 9.53 Å². The van der Waals surface area contributed by atoms with E-state index in [4.69, 9.17) is 4.74 Å². The normalized spacial score (nSPS) is 29.3. The van der Waals surface area contributed by atoms with Gasteiger partial charge >= 0.3 is 0 Å². The van der Waals surface area contributed by atoms with E-state index >= 15 is 0 Å². The van der Waals surface area contributed by atoms with Crippen LogP contribution in [0.25, 0.3) is 0 Å². The molecule has 3 rings (SSSR count). The van der Waals surface area contributed by atoms with Gasteiger partial charge < -0.3 is 15.0 Å². The lowest BCUT2D eigenvalue weighted by molar-refractivity contribution is -0.128. The van der Waals surface area contributed by atoms with Crippen molar-refractivity contribution in [3.63, 3.8) is 0 Å².